The summed E-state index contributed by atoms with van der Waals surface area (Å²) in [5.41, 5.74) is 3.91. The topological polar surface area (TPSA) is 58.1 Å². The summed E-state index contributed by atoms with van der Waals surface area (Å²) >= 11 is 0. The minimum atomic E-state index is -0.199. The number of rotatable bonds is 6. The average molecular weight is 425 g/mol. The Morgan fingerprint density at radius 2 is 1.74 bits per heavy atom. The van der Waals surface area contributed by atoms with Gasteiger partial charge in [0, 0.05) is 42.0 Å². The average Bonchev–Trinajstić information content (AvgIpc) is 3.21. The highest BCUT2D eigenvalue weighted by atomic mass is 19.1. The van der Waals surface area contributed by atoms with Crippen molar-refractivity contribution in [2.24, 2.45) is 0 Å². The highest BCUT2D eigenvalue weighted by Crippen LogP contribution is 2.27. The molecule has 0 unspecified atom stereocenters. The zero-order valence-corrected chi connectivity index (χ0v) is 18.7. The largest absolute Gasteiger partial charge is 0.353 e. The summed E-state index contributed by atoms with van der Waals surface area (Å²) in [7, 11) is 0. The number of hydrogen-bond acceptors (Lipinski definition) is 4. The van der Waals surface area contributed by atoms with E-state index in [1.807, 2.05) is 26.0 Å². The van der Waals surface area contributed by atoms with Crippen molar-refractivity contribution in [3.05, 3.63) is 58.4 Å². The van der Waals surface area contributed by atoms with Crippen molar-refractivity contribution in [2.45, 2.75) is 77.3 Å². The fraction of sp³-hybridized carbons (Fsp3) is 0.560. The molecule has 2 heterocycles. The number of carbonyl (C=O) groups excluding carboxylic acids is 1. The van der Waals surface area contributed by atoms with Crippen LogP contribution in [-0.2, 0) is 17.8 Å². The monoisotopic (exact) mass is 424 g/mol. The van der Waals surface area contributed by atoms with Crippen LogP contribution >= 0.6 is 0 Å². The maximum atomic E-state index is 13.1. The van der Waals surface area contributed by atoms with Crippen molar-refractivity contribution in [3.8, 4) is 0 Å². The molecule has 1 aliphatic carbocycles. The van der Waals surface area contributed by atoms with Crippen LogP contribution < -0.4 is 5.32 Å². The van der Waals surface area contributed by atoms with Crippen LogP contribution in [0.4, 0.5) is 4.39 Å². The van der Waals surface area contributed by atoms with Gasteiger partial charge in [-0.05, 0) is 57.4 Å². The molecule has 1 amide bonds. The molecule has 1 saturated heterocycles. The normalized spacial score (nSPS) is 20.2. The second kappa shape index (κ2) is 9.86. The van der Waals surface area contributed by atoms with Crippen molar-refractivity contribution < 1.29 is 9.18 Å². The Balaban J connectivity index is 1.36. The summed E-state index contributed by atoms with van der Waals surface area (Å²) in [6.45, 7) is 6.68. The SMILES string of the molecule is Cc1nc([C@H]2CCN(Cc3ccc(F)cc3)C2)nc(C)c1CC(=O)NC1CCCCC1. The number of amides is 1. The first-order valence-corrected chi connectivity index (χ1v) is 11.6. The zero-order chi connectivity index (χ0) is 21.8. The third-order valence-corrected chi connectivity index (χ3v) is 6.70. The van der Waals surface area contributed by atoms with E-state index in [0.29, 0.717) is 18.4 Å². The Labute approximate surface area is 184 Å². The fourth-order valence-electron chi connectivity index (χ4n) is 4.93. The Morgan fingerprint density at radius 1 is 1.06 bits per heavy atom. The number of halogens is 1. The van der Waals surface area contributed by atoms with E-state index in [1.54, 1.807) is 0 Å². The number of aromatic nitrogens is 2. The molecule has 1 N–H and O–H groups in total. The Hall–Kier alpha value is -2.34. The lowest BCUT2D eigenvalue weighted by Gasteiger charge is -2.23. The number of likely N-dealkylation sites (tertiary alicyclic amines) is 1. The molecule has 1 aromatic carbocycles. The van der Waals surface area contributed by atoms with Crippen LogP contribution in [0, 0.1) is 19.7 Å². The van der Waals surface area contributed by atoms with E-state index in [4.69, 9.17) is 9.97 Å². The number of carbonyl (C=O) groups is 1. The summed E-state index contributed by atoms with van der Waals surface area (Å²) in [5.74, 6) is 1.06. The predicted molar refractivity (Wildman–Crippen MR) is 119 cm³/mol. The maximum absolute atomic E-state index is 13.1. The Morgan fingerprint density at radius 3 is 2.42 bits per heavy atom. The van der Waals surface area contributed by atoms with E-state index in [0.717, 1.165) is 67.2 Å². The van der Waals surface area contributed by atoms with Gasteiger partial charge in [-0.3, -0.25) is 9.69 Å². The van der Waals surface area contributed by atoms with Gasteiger partial charge in [0.2, 0.25) is 5.91 Å². The lowest BCUT2D eigenvalue weighted by atomic mass is 9.95. The second-order valence-corrected chi connectivity index (χ2v) is 9.16. The molecule has 1 aromatic heterocycles. The molecule has 166 valence electrons. The molecule has 2 aromatic rings. The molecule has 1 saturated carbocycles. The van der Waals surface area contributed by atoms with Crippen molar-refractivity contribution in [3.63, 3.8) is 0 Å². The molecule has 6 heteroatoms. The van der Waals surface area contributed by atoms with Gasteiger partial charge in [0.25, 0.3) is 0 Å². The van der Waals surface area contributed by atoms with E-state index in [-0.39, 0.29) is 11.7 Å². The fourth-order valence-corrected chi connectivity index (χ4v) is 4.93. The molecule has 1 aliphatic heterocycles. The van der Waals surface area contributed by atoms with E-state index >= 15 is 0 Å². The molecule has 0 radical (unpaired) electrons. The summed E-state index contributed by atoms with van der Waals surface area (Å²) in [4.78, 5) is 24.5. The minimum absolute atomic E-state index is 0.0841. The van der Waals surface area contributed by atoms with Crippen molar-refractivity contribution in [1.29, 1.82) is 0 Å². The Bertz CT molecular complexity index is 885. The molecule has 5 nitrogen and oxygen atoms in total. The standard InChI is InChI=1S/C25H33FN4O/c1-17-23(14-24(31)29-22-6-4-3-5-7-22)18(2)28-25(27-17)20-12-13-30(16-20)15-19-8-10-21(26)11-9-19/h8-11,20,22H,3-7,12-16H2,1-2H3,(H,29,31)/t20-/m0/s1. The molecular formula is C25H33FN4O. The molecule has 2 aliphatic rings. The van der Waals surface area contributed by atoms with Crippen molar-refractivity contribution in [1.82, 2.24) is 20.2 Å². The quantitative estimate of drug-likeness (QED) is 0.755. The smallest absolute Gasteiger partial charge is 0.224 e. The van der Waals surface area contributed by atoms with E-state index in [1.165, 1.54) is 31.4 Å². The van der Waals surface area contributed by atoms with Gasteiger partial charge in [-0.1, -0.05) is 31.4 Å². The first-order valence-electron chi connectivity index (χ1n) is 11.6. The van der Waals surface area contributed by atoms with Crippen LogP contribution in [0.3, 0.4) is 0 Å². The third-order valence-electron chi connectivity index (χ3n) is 6.70. The summed E-state index contributed by atoms with van der Waals surface area (Å²) < 4.78 is 13.1. The van der Waals surface area contributed by atoms with Gasteiger partial charge in [-0.2, -0.15) is 0 Å². The van der Waals surface area contributed by atoms with Gasteiger partial charge in [0.1, 0.15) is 11.6 Å². The number of aryl methyl sites for hydroxylation is 2. The lowest BCUT2D eigenvalue weighted by molar-refractivity contribution is -0.121. The minimum Gasteiger partial charge on any atom is -0.353 e. The summed E-state index contributed by atoms with van der Waals surface area (Å²) in [5, 5.41) is 3.20. The number of nitrogens with one attached hydrogen (secondary N) is 1. The van der Waals surface area contributed by atoms with Crippen LogP contribution in [0.5, 0.6) is 0 Å². The Kier molecular flexibility index (Phi) is 6.96. The van der Waals surface area contributed by atoms with E-state index < -0.39 is 0 Å². The van der Waals surface area contributed by atoms with Crippen LogP contribution in [0.25, 0.3) is 0 Å². The molecule has 0 bridgehead atoms. The summed E-state index contributed by atoms with van der Waals surface area (Å²) in [6.07, 6.45) is 7.25. The number of hydrogen-bond donors (Lipinski definition) is 1. The number of benzene rings is 1. The second-order valence-electron chi connectivity index (χ2n) is 9.16. The molecule has 2 fully saturated rings. The lowest BCUT2D eigenvalue weighted by Crippen LogP contribution is -2.37. The predicted octanol–water partition coefficient (Wildman–Crippen LogP) is 4.21. The maximum Gasteiger partial charge on any atom is 0.224 e. The highest BCUT2D eigenvalue weighted by molar-refractivity contribution is 5.79. The molecule has 0 spiro atoms. The van der Waals surface area contributed by atoms with Gasteiger partial charge in [-0.25, -0.2) is 14.4 Å². The van der Waals surface area contributed by atoms with Crippen LogP contribution in [0.2, 0.25) is 0 Å². The first kappa shape index (κ1) is 21.9. The van der Waals surface area contributed by atoms with Gasteiger partial charge in [0.05, 0.1) is 6.42 Å². The van der Waals surface area contributed by atoms with Crippen molar-refractivity contribution >= 4 is 5.91 Å². The highest BCUT2D eigenvalue weighted by Gasteiger charge is 2.27. The summed E-state index contributed by atoms with van der Waals surface area (Å²) in [6, 6.07) is 7.05. The molecular weight excluding hydrogens is 391 g/mol. The zero-order valence-electron chi connectivity index (χ0n) is 18.7. The van der Waals surface area contributed by atoms with Gasteiger partial charge >= 0.3 is 0 Å². The first-order chi connectivity index (χ1) is 15.0. The van der Waals surface area contributed by atoms with Crippen LogP contribution in [0.1, 0.15) is 72.8 Å². The van der Waals surface area contributed by atoms with Crippen LogP contribution in [0.15, 0.2) is 24.3 Å². The van der Waals surface area contributed by atoms with E-state index in [9.17, 15) is 9.18 Å². The van der Waals surface area contributed by atoms with Gasteiger partial charge in [-0.15, -0.1) is 0 Å². The van der Waals surface area contributed by atoms with Crippen molar-refractivity contribution in [2.75, 3.05) is 13.1 Å². The van der Waals surface area contributed by atoms with Gasteiger partial charge < -0.3 is 5.32 Å². The molecule has 1 atom stereocenters. The van der Waals surface area contributed by atoms with Gasteiger partial charge in [0.15, 0.2) is 0 Å². The van der Waals surface area contributed by atoms with E-state index in [2.05, 4.69) is 10.2 Å². The number of nitrogens with zero attached hydrogens (tertiary/aromatic N) is 3. The van der Waals surface area contributed by atoms with Crippen LogP contribution in [-0.4, -0.2) is 39.9 Å². The third kappa shape index (κ3) is 5.67. The molecule has 31 heavy (non-hydrogen) atoms. The molecule has 4 rings (SSSR count).